The average Bonchev–Trinajstić information content (AvgIpc) is 2.91. The first kappa shape index (κ1) is 15.5. The average molecular weight is 289 g/mol. The summed E-state index contributed by atoms with van der Waals surface area (Å²) in [7, 11) is 0. The van der Waals surface area contributed by atoms with E-state index in [1.165, 1.54) is 0 Å². The summed E-state index contributed by atoms with van der Waals surface area (Å²) in [4.78, 5) is 25.7. The van der Waals surface area contributed by atoms with Crippen molar-refractivity contribution in [3.63, 3.8) is 0 Å². The van der Waals surface area contributed by atoms with Crippen LogP contribution in [0.3, 0.4) is 0 Å². The van der Waals surface area contributed by atoms with Gasteiger partial charge in [0.25, 0.3) is 0 Å². The molecule has 1 aliphatic rings. The van der Waals surface area contributed by atoms with Gasteiger partial charge in [-0.25, -0.2) is 0 Å². The molecule has 1 aromatic carbocycles. The Bertz CT molecular complexity index is 516. The summed E-state index contributed by atoms with van der Waals surface area (Å²) < 4.78 is 0. The van der Waals surface area contributed by atoms with Crippen LogP contribution >= 0.6 is 0 Å². The first-order chi connectivity index (χ1) is 10.2. The van der Waals surface area contributed by atoms with Crippen LogP contribution in [0.2, 0.25) is 0 Å². The van der Waals surface area contributed by atoms with Gasteiger partial charge in [0, 0.05) is 30.9 Å². The Labute approximate surface area is 125 Å². The summed E-state index contributed by atoms with van der Waals surface area (Å²) in [6.45, 7) is 3.14. The van der Waals surface area contributed by atoms with Gasteiger partial charge in [-0.15, -0.1) is 0 Å². The Hall–Kier alpha value is -1.88. The van der Waals surface area contributed by atoms with Crippen LogP contribution in [-0.2, 0) is 9.59 Å². The molecule has 5 nitrogen and oxygen atoms in total. The van der Waals surface area contributed by atoms with Crippen molar-refractivity contribution in [2.24, 2.45) is 11.7 Å². The summed E-state index contributed by atoms with van der Waals surface area (Å²) in [5.74, 6) is -0.0689. The number of hydrogen-bond donors (Lipinski definition) is 2. The van der Waals surface area contributed by atoms with E-state index in [0.717, 1.165) is 31.5 Å². The van der Waals surface area contributed by atoms with E-state index in [-0.39, 0.29) is 17.7 Å². The molecule has 1 unspecified atom stereocenters. The van der Waals surface area contributed by atoms with Crippen molar-refractivity contribution >= 4 is 23.2 Å². The van der Waals surface area contributed by atoms with Gasteiger partial charge in [-0.3, -0.25) is 9.59 Å². The quantitative estimate of drug-likeness (QED) is 0.842. The number of nitrogens with two attached hydrogens (primary N) is 1. The minimum atomic E-state index is -0.160. The van der Waals surface area contributed by atoms with Gasteiger partial charge in [0.05, 0.1) is 5.92 Å². The third-order valence-electron chi connectivity index (χ3n) is 3.79. The van der Waals surface area contributed by atoms with Crippen LogP contribution in [0.15, 0.2) is 24.3 Å². The van der Waals surface area contributed by atoms with Crippen molar-refractivity contribution in [1.29, 1.82) is 0 Å². The van der Waals surface area contributed by atoms with Crippen LogP contribution < -0.4 is 16.0 Å². The highest BCUT2D eigenvalue weighted by Crippen LogP contribution is 2.24. The smallest absolute Gasteiger partial charge is 0.228 e. The summed E-state index contributed by atoms with van der Waals surface area (Å²) in [5.41, 5.74) is 7.20. The van der Waals surface area contributed by atoms with Gasteiger partial charge in [-0.2, -0.15) is 0 Å². The van der Waals surface area contributed by atoms with Gasteiger partial charge in [0.15, 0.2) is 0 Å². The molecule has 2 amide bonds. The molecule has 0 saturated carbocycles. The predicted molar refractivity (Wildman–Crippen MR) is 84.1 cm³/mol. The fraction of sp³-hybridized carbons (Fsp3) is 0.500. The van der Waals surface area contributed by atoms with Crippen molar-refractivity contribution in [2.45, 2.75) is 32.6 Å². The fourth-order valence-corrected chi connectivity index (χ4v) is 2.62. The van der Waals surface area contributed by atoms with E-state index in [2.05, 4.69) is 5.32 Å². The zero-order valence-electron chi connectivity index (χ0n) is 12.5. The van der Waals surface area contributed by atoms with Crippen molar-refractivity contribution in [3.8, 4) is 0 Å². The maximum atomic E-state index is 12.2. The Morgan fingerprint density at radius 3 is 2.90 bits per heavy atom. The summed E-state index contributed by atoms with van der Waals surface area (Å²) >= 11 is 0. The Morgan fingerprint density at radius 2 is 2.29 bits per heavy atom. The lowest BCUT2D eigenvalue weighted by atomic mass is 10.0. The third kappa shape index (κ3) is 3.82. The van der Waals surface area contributed by atoms with E-state index >= 15 is 0 Å². The third-order valence-corrected chi connectivity index (χ3v) is 3.79. The summed E-state index contributed by atoms with van der Waals surface area (Å²) in [5, 5.41) is 2.90. The number of benzene rings is 1. The number of nitrogens with zero attached hydrogens (tertiary/aromatic N) is 1. The van der Waals surface area contributed by atoms with Crippen LogP contribution in [0.25, 0.3) is 0 Å². The van der Waals surface area contributed by atoms with Crippen LogP contribution in [0, 0.1) is 5.92 Å². The van der Waals surface area contributed by atoms with E-state index in [1.54, 1.807) is 4.90 Å². The second-order valence-electron chi connectivity index (χ2n) is 5.41. The van der Waals surface area contributed by atoms with Crippen molar-refractivity contribution in [3.05, 3.63) is 24.3 Å². The molecule has 0 aliphatic carbocycles. The Balaban J connectivity index is 2.07. The summed E-state index contributed by atoms with van der Waals surface area (Å²) in [6, 6.07) is 7.43. The largest absolute Gasteiger partial charge is 0.330 e. The molecule has 114 valence electrons. The molecule has 0 aromatic heterocycles. The molecular weight excluding hydrogens is 266 g/mol. The second-order valence-corrected chi connectivity index (χ2v) is 5.41. The van der Waals surface area contributed by atoms with E-state index in [4.69, 9.17) is 5.73 Å². The Morgan fingerprint density at radius 1 is 1.48 bits per heavy atom. The number of carbonyl (C=O) groups excluding carboxylic acids is 2. The second kappa shape index (κ2) is 7.22. The minimum absolute atomic E-state index is 0.0516. The number of hydrogen-bond acceptors (Lipinski definition) is 3. The first-order valence-corrected chi connectivity index (χ1v) is 7.57. The molecule has 0 radical (unpaired) electrons. The predicted octanol–water partition coefficient (Wildman–Crippen LogP) is 2.13. The topological polar surface area (TPSA) is 75.4 Å². The van der Waals surface area contributed by atoms with Gasteiger partial charge >= 0.3 is 0 Å². The standard InChI is InChI=1S/C16H23N3O2/c1-2-5-12(11-17)16(21)18-13-6-3-7-14(10-13)19-9-4-8-15(19)20/h3,6-7,10,12H,2,4-5,8-9,11,17H2,1H3,(H,18,21). The molecule has 1 fully saturated rings. The molecule has 21 heavy (non-hydrogen) atoms. The van der Waals surface area contributed by atoms with E-state index in [1.807, 2.05) is 31.2 Å². The molecule has 1 aromatic rings. The molecule has 1 heterocycles. The van der Waals surface area contributed by atoms with Gasteiger partial charge < -0.3 is 16.0 Å². The van der Waals surface area contributed by atoms with Crippen LogP contribution in [0.5, 0.6) is 0 Å². The van der Waals surface area contributed by atoms with Crippen molar-refractivity contribution in [2.75, 3.05) is 23.3 Å². The maximum absolute atomic E-state index is 12.2. The minimum Gasteiger partial charge on any atom is -0.330 e. The molecule has 0 bridgehead atoms. The van der Waals surface area contributed by atoms with Crippen molar-refractivity contribution in [1.82, 2.24) is 0 Å². The van der Waals surface area contributed by atoms with Crippen molar-refractivity contribution < 1.29 is 9.59 Å². The van der Waals surface area contributed by atoms with Gasteiger partial charge in [-0.1, -0.05) is 19.4 Å². The highest BCUT2D eigenvalue weighted by atomic mass is 16.2. The fourth-order valence-electron chi connectivity index (χ4n) is 2.62. The molecule has 1 saturated heterocycles. The van der Waals surface area contributed by atoms with Gasteiger partial charge in [0.2, 0.25) is 11.8 Å². The van der Waals surface area contributed by atoms with Gasteiger partial charge in [0.1, 0.15) is 0 Å². The highest BCUT2D eigenvalue weighted by Gasteiger charge is 2.22. The lowest BCUT2D eigenvalue weighted by Crippen LogP contribution is -2.29. The molecule has 0 spiro atoms. The number of nitrogens with one attached hydrogen (secondary N) is 1. The van der Waals surface area contributed by atoms with Crippen LogP contribution in [0.1, 0.15) is 32.6 Å². The maximum Gasteiger partial charge on any atom is 0.228 e. The highest BCUT2D eigenvalue weighted by molar-refractivity contribution is 5.97. The van der Waals surface area contributed by atoms with Crippen LogP contribution in [0.4, 0.5) is 11.4 Å². The van der Waals surface area contributed by atoms with E-state index in [9.17, 15) is 9.59 Å². The van der Waals surface area contributed by atoms with E-state index in [0.29, 0.717) is 18.7 Å². The SMILES string of the molecule is CCCC(CN)C(=O)Nc1cccc(N2CCCC2=O)c1. The number of anilines is 2. The van der Waals surface area contributed by atoms with Crippen LogP contribution in [-0.4, -0.2) is 24.9 Å². The first-order valence-electron chi connectivity index (χ1n) is 7.57. The van der Waals surface area contributed by atoms with E-state index < -0.39 is 0 Å². The molecule has 1 atom stereocenters. The Kier molecular flexibility index (Phi) is 5.33. The lowest BCUT2D eigenvalue weighted by Gasteiger charge is -2.18. The van der Waals surface area contributed by atoms with Gasteiger partial charge in [-0.05, 0) is 31.0 Å². The lowest BCUT2D eigenvalue weighted by molar-refractivity contribution is -0.120. The molecule has 2 rings (SSSR count). The molecule has 3 N–H and O–H groups in total. The molecular formula is C16H23N3O2. The molecule has 1 aliphatic heterocycles. The number of rotatable bonds is 6. The monoisotopic (exact) mass is 289 g/mol. The normalized spacial score (nSPS) is 16.1. The number of carbonyl (C=O) groups is 2. The zero-order valence-corrected chi connectivity index (χ0v) is 12.5. The summed E-state index contributed by atoms with van der Waals surface area (Å²) in [6.07, 6.45) is 3.20. The molecule has 5 heteroatoms. The number of amides is 2. The zero-order chi connectivity index (χ0) is 15.2.